The molecule has 0 aromatic heterocycles. The first-order valence-electron chi connectivity index (χ1n) is 14.6. The van der Waals surface area contributed by atoms with Gasteiger partial charge in [-0.05, 0) is 98.7 Å². The van der Waals surface area contributed by atoms with Gasteiger partial charge in [0.2, 0.25) is 0 Å². The molecule has 0 spiro atoms. The molecule has 0 radical (unpaired) electrons. The van der Waals surface area contributed by atoms with Crippen molar-refractivity contribution in [2.75, 3.05) is 26.0 Å². The molecule has 5 aliphatic rings. The van der Waals surface area contributed by atoms with E-state index >= 15 is 0 Å². The van der Waals surface area contributed by atoms with Crippen LogP contribution in [0.15, 0.2) is 0 Å². The van der Waals surface area contributed by atoms with E-state index in [1.54, 1.807) is 0 Å². The topological polar surface area (TPSA) is 104 Å². The van der Waals surface area contributed by atoms with Gasteiger partial charge in [-0.2, -0.15) is 8.42 Å². The molecule has 0 aromatic carbocycles. The Morgan fingerprint density at radius 3 is 2.32 bits per heavy atom. The quantitative estimate of drug-likeness (QED) is 0.509. The maximum absolute atomic E-state index is 12.4. The van der Waals surface area contributed by atoms with Crippen molar-refractivity contribution in [3.05, 3.63) is 0 Å². The van der Waals surface area contributed by atoms with Crippen LogP contribution in [0.2, 0.25) is 0 Å². The van der Waals surface area contributed by atoms with Crippen LogP contribution in [0, 0.1) is 46.3 Å². The average molecular weight is 542 g/mol. The summed E-state index contributed by atoms with van der Waals surface area (Å²) in [7, 11) is -3.67. The van der Waals surface area contributed by atoms with E-state index in [9.17, 15) is 18.3 Å². The summed E-state index contributed by atoms with van der Waals surface area (Å²) in [5.41, 5.74) is 0.562. The Bertz CT molecular complexity index is 931. The number of carbonyl (C=O) groups excluding carboxylic acids is 1. The van der Waals surface area contributed by atoms with E-state index in [2.05, 4.69) is 32.6 Å². The molecule has 0 amide bonds. The third-order valence-electron chi connectivity index (χ3n) is 11.5. The van der Waals surface area contributed by atoms with Crippen molar-refractivity contribution >= 4 is 15.9 Å². The van der Waals surface area contributed by atoms with E-state index in [1.165, 1.54) is 32.1 Å². The number of aliphatic hydroxyl groups is 1. The van der Waals surface area contributed by atoms with Crippen molar-refractivity contribution in [2.24, 2.45) is 46.3 Å². The van der Waals surface area contributed by atoms with Crippen molar-refractivity contribution in [2.45, 2.75) is 104 Å². The first-order chi connectivity index (χ1) is 17.1. The third-order valence-corrected chi connectivity index (χ3v) is 11.5. The van der Waals surface area contributed by atoms with E-state index in [0.717, 1.165) is 56.7 Å². The van der Waals surface area contributed by atoms with Crippen LogP contribution < -0.4 is 0 Å². The third kappa shape index (κ3) is 5.84. The highest BCUT2D eigenvalue weighted by Gasteiger charge is 2.62. The maximum Gasteiger partial charge on any atom is 0.261 e. The summed E-state index contributed by atoms with van der Waals surface area (Å²) >= 11 is 0. The van der Waals surface area contributed by atoms with E-state index in [4.69, 9.17) is 9.29 Å². The molecule has 8 heteroatoms. The smallest absolute Gasteiger partial charge is 0.261 e. The second-order valence-electron chi connectivity index (χ2n) is 13.9. The monoisotopic (exact) mass is 541 g/mol. The first kappa shape index (κ1) is 29.4. The lowest BCUT2D eigenvalue weighted by atomic mass is 9.44. The van der Waals surface area contributed by atoms with Crippen LogP contribution in [0.5, 0.6) is 0 Å². The highest BCUT2D eigenvalue weighted by atomic mass is 32.2. The van der Waals surface area contributed by atoms with Crippen molar-refractivity contribution < 1.29 is 27.6 Å². The van der Waals surface area contributed by atoms with Crippen molar-refractivity contribution in [1.29, 1.82) is 0 Å². The van der Waals surface area contributed by atoms with Gasteiger partial charge >= 0.3 is 0 Å². The molecular formula is C29H51NO6S. The summed E-state index contributed by atoms with van der Waals surface area (Å²) in [4.78, 5) is 15.0. The molecule has 4 saturated carbocycles. The van der Waals surface area contributed by atoms with E-state index in [-0.39, 0.29) is 23.7 Å². The Kier molecular flexibility index (Phi) is 8.59. The summed E-state index contributed by atoms with van der Waals surface area (Å²) < 4.78 is 31.9. The molecule has 5 fully saturated rings. The molecule has 0 aromatic rings. The van der Waals surface area contributed by atoms with Gasteiger partial charge in [-0.3, -0.25) is 14.2 Å². The Morgan fingerprint density at radius 1 is 1.05 bits per heavy atom. The number of Topliss-reactive ketones (excluding diaryl/α,β-unsaturated/α-hetero) is 1. The molecule has 214 valence electrons. The minimum atomic E-state index is -3.67. The lowest BCUT2D eigenvalue weighted by molar-refractivity contribution is -0.162. The van der Waals surface area contributed by atoms with Gasteiger partial charge in [0.05, 0.1) is 25.1 Å². The van der Waals surface area contributed by atoms with Crippen molar-refractivity contribution in [3.8, 4) is 0 Å². The fraction of sp³-hybridized carbons (Fsp3) is 0.966. The molecule has 1 saturated heterocycles. The summed E-state index contributed by atoms with van der Waals surface area (Å²) in [5, 5.41) is 11.3. The second-order valence-corrected chi connectivity index (χ2v) is 15.4. The van der Waals surface area contributed by atoms with Crippen molar-refractivity contribution in [1.82, 2.24) is 4.90 Å². The standard InChI is InChI=1S/C28H47NO3.CH4O3S/c1-17(2)26-16-29(12-13-32-26)24-15-28(5)19(14-25(24)31)6-7-20-22-9-8-21(18(3)30)27(22,4)11-10-23(20)28;1-5(2,3)4/h17,19-26,31H,6-16H2,1-5H3;1H3,(H,2,3,4)/t19-,20-,21+,22-,23-,24-,25-,26-,27+,28-;/m0./s1. The minimum Gasteiger partial charge on any atom is -0.391 e. The maximum atomic E-state index is 12.4. The van der Waals surface area contributed by atoms with Gasteiger partial charge in [0, 0.05) is 25.0 Å². The van der Waals surface area contributed by atoms with Crippen LogP contribution in [0.3, 0.4) is 0 Å². The van der Waals surface area contributed by atoms with E-state index < -0.39 is 10.1 Å². The molecule has 1 heterocycles. The molecule has 0 unspecified atom stereocenters. The molecule has 0 bridgehead atoms. The van der Waals surface area contributed by atoms with Crippen LogP contribution >= 0.6 is 0 Å². The van der Waals surface area contributed by atoms with Gasteiger partial charge in [0.25, 0.3) is 10.1 Å². The Morgan fingerprint density at radius 2 is 1.70 bits per heavy atom. The van der Waals surface area contributed by atoms with Crippen molar-refractivity contribution in [3.63, 3.8) is 0 Å². The first-order valence-corrected chi connectivity index (χ1v) is 16.5. The number of nitrogens with zero attached hydrogens (tertiary/aromatic N) is 1. The number of aliphatic hydroxyl groups excluding tert-OH is 1. The largest absolute Gasteiger partial charge is 0.391 e. The predicted molar refractivity (Wildman–Crippen MR) is 145 cm³/mol. The highest BCUT2D eigenvalue weighted by Crippen LogP contribution is 2.67. The van der Waals surface area contributed by atoms with E-state index in [0.29, 0.717) is 35.2 Å². The Labute approximate surface area is 224 Å². The zero-order chi connectivity index (χ0) is 27.3. The molecule has 1 aliphatic heterocycles. The number of carbonyl (C=O) groups is 1. The molecular weight excluding hydrogens is 490 g/mol. The summed E-state index contributed by atoms with van der Waals surface area (Å²) in [6.07, 6.45) is 10.4. The summed E-state index contributed by atoms with van der Waals surface area (Å²) in [6.45, 7) is 14.1. The fourth-order valence-electron chi connectivity index (χ4n) is 9.72. The Balaban J connectivity index is 0.000000586. The van der Waals surface area contributed by atoms with E-state index in [1.807, 2.05) is 6.92 Å². The number of ketones is 1. The highest BCUT2D eigenvalue weighted by molar-refractivity contribution is 7.85. The molecule has 4 aliphatic carbocycles. The number of hydrogen-bond donors (Lipinski definition) is 2. The van der Waals surface area contributed by atoms with Crippen LogP contribution in [-0.2, 0) is 19.6 Å². The SMILES string of the molecule is CC(=O)[C@H]1CC[C@H]2[C@@H]3CC[C@H]4C[C@H](O)[C@@H](N5CCO[C@H](C(C)C)C5)C[C@]4(C)[C@H]3CC[C@]12C.CS(=O)(=O)O. The number of rotatable bonds is 3. The second kappa shape index (κ2) is 10.8. The lowest BCUT2D eigenvalue weighted by Crippen LogP contribution is -2.61. The number of morpholine rings is 1. The number of fused-ring (bicyclic) bond motifs is 5. The molecule has 10 atom stereocenters. The van der Waals surface area contributed by atoms with Gasteiger partial charge < -0.3 is 9.84 Å². The summed E-state index contributed by atoms with van der Waals surface area (Å²) in [5.74, 6) is 4.18. The zero-order valence-electron chi connectivity index (χ0n) is 23.9. The van der Waals surface area contributed by atoms with Crippen LogP contribution in [0.1, 0.15) is 86.0 Å². The normalized spacial score (nSPS) is 46.3. The molecule has 37 heavy (non-hydrogen) atoms. The Hall–Kier alpha value is -0.540. The van der Waals surface area contributed by atoms with Crippen LogP contribution in [-0.4, -0.2) is 73.0 Å². The van der Waals surface area contributed by atoms with Gasteiger partial charge in [0.1, 0.15) is 5.78 Å². The van der Waals surface area contributed by atoms with Gasteiger partial charge in [-0.15, -0.1) is 0 Å². The van der Waals surface area contributed by atoms with Crippen LogP contribution in [0.25, 0.3) is 0 Å². The fourth-order valence-corrected chi connectivity index (χ4v) is 9.72. The lowest BCUT2D eigenvalue weighted by Gasteiger charge is -2.62. The number of hydrogen-bond acceptors (Lipinski definition) is 6. The van der Waals surface area contributed by atoms with Gasteiger partial charge in [-0.1, -0.05) is 27.7 Å². The average Bonchev–Trinajstić information content (AvgIpc) is 3.15. The summed E-state index contributed by atoms with van der Waals surface area (Å²) in [6, 6.07) is 0.280. The number of ether oxygens (including phenoxy) is 1. The minimum absolute atomic E-state index is 0.196. The van der Waals surface area contributed by atoms with Gasteiger partial charge in [0.15, 0.2) is 0 Å². The van der Waals surface area contributed by atoms with Crippen LogP contribution in [0.4, 0.5) is 0 Å². The molecule has 7 nitrogen and oxygen atoms in total. The predicted octanol–water partition coefficient (Wildman–Crippen LogP) is 4.43. The molecule has 2 N–H and O–H groups in total. The van der Waals surface area contributed by atoms with Gasteiger partial charge in [-0.25, -0.2) is 0 Å². The molecule has 5 rings (SSSR count). The zero-order valence-corrected chi connectivity index (χ0v) is 24.7.